The second-order valence-electron chi connectivity index (χ2n) is 3.14. The summed E-state index contributed by atoms with van der Waals surface area (Å²) < 4.78 is 0. The Balaban J connectivity index is 2.74. The number of hydrogen-bond donors (Lipinski definition) is 2. The number of nitrogens with zero attached hydrogens (tertiary/aromatic N) is 2. The Morgan fingerprint density at radius 2 is 2.17 bits per heavy atom. The molecule has 0 aliphatic heterocycles. The quantitative estimate of drug-likeness (QED) is 0.702. The fraction of sp³-hybridized carbons (Fsp3) is 0.750. The van der Waals surface area contributed by atoms with Gasteiger partial charge in [0, 0.05) is 18.4 Å². The lowest BCUT2D eigenvalue weighted by atomic mass is 10.0. The molecule has 0 bridgehead atoms. The molecule has 1 heterocycles. The zero-order valence-electron chi connectivity index (χ0n) is 7.83. The highest BCUT2D eigenvalue weighted by atomic mass is 15.2. The van der Waals surface area contributed by atoms with Crippen molar-refractivity contribution in [1.29, 1.82) is 0 Å². The molecule has 1 aromatic heterocycles. The third-order valence-electron chi connectivity index (χ3n) is 2.08. The fourth-order valence-corrected chi connectivity index (χ4v) is 0.907. The van der Waals surface area contributed by atoms with Crippen LogP contribution in [0.5, 0.6) is 0 Å². The van der Waals surface area contributed by atoms with E-state index in [0.717, 1.165) is 18.1 Å². The number of nitrogens with two attached hydrogens (primary N) is 1. The van der Waals surface area contributed by atoms with E-state index in [1.165, 1.54) is 0 Å². The summed E-state index contributed by atoms with van der Waals surface area (Å²) in [7, 11) is 0. The molecule has 12 heavy (non-hydrogen) atoms. The van der Waals surface area contributed by atoms with Gasteiger partial charge in [0.1, 0.15) is 5.82 Å². The second kappa shape index (κ2) is 3.67. The zero-order chi connectivity index (χ0) is 9.14. The van der Waals surface area contributed by atoms with Gasteiger partial charge in [0.25, 0.3) is 0 Å². The number of aromatic nitrogens is 3. The predicted molar refractivity (Wildman–Crippen MR) is 47.8 cm³/mol. The van der Waals surface area contributed by atoms with E-state index >= 15 is 0 Å². The molecular weight excluding hydrogens is 152 g/mol. The van der Waals surface area contributed by atoms with Crippen LogP contribution in [0, 0.1) is 0 Å². The van der Waals surface area contributed by atoms with Crippen molar-refractivity contribution in [3.8, 4) is 0 Å². The van der Waals surface area contributed by atoms with Crippen molar-refractivity contribution in [2.24, 2.45) is 5.73 Å². The summed E-state index contributed by atoms with van der Waals surface area (Å²) in [6, 6.07) is 0.102. The van der Waals surface area contributed by atoms with Crippen molar-refractivity contribution in [3.63, 3.8) is 0 Å². The first kappa shape index (κ1) is 9.19. The van der Waals surface area contributed by atoms with Crippen molar-refractivity contribution in [1.82, 2.24) is 15.2 Å². The van der Waals surface area contributed by atoms with Gasteiger partial charge in [-0.2, -0.15) is 5.10 Å². The summed E-state index contributed by atoms with van der Waals surface area (Å²) in [5.74, 6) is 1.97. The number of aromatic amines is 1. The van der Waals surface area contributed by atoms with Gasteiger partial charge >= 0.3 is 0 Å². The molecule has 0 saturated carbocycles. The van der Waals surface area contributed by atoms with E-state index in [1.54, 1.807) is 0 Å². The van der Waals surface area contributed by atoms with Crippen LogP contribution in [-0.4, -0.2) is 21.2 Å². The first-order valence-electron chi connectivity index (χ1n) is 4.32. The first-order valence-corrected chi connectivity index (χ1v) is 4.32. The standard InChI is InChI=1S/C8H16N4/c1-4-7-10-8(12-11-7)5(2)6(3)9/h5-6H,4,9H2,1-3H3,(H,10,11,12). The molecule has 4 heteroatoms. The molecule has 68 valence electrons. The molecule has 0 aliphatic rings. The van der Waals surface area contributed by atoms with Crippen molar-refractivity contribution < 1.29 is 0 Å². The van der Waals surface area contributed by atoms with Crippen molar-refractivity contribution in [3.05, 3.63) is 11.6 Å². The molecule has 0 saturated heterocycles. The average Bonchev–Trinajstić information content (AvgIpc) is 2.50. The number of aryl methyl sites for hydroxylation is 1. The van der Waals surface area contributed by atoms with Gasteiger partial charge in [-0.1, -0.05) is 13.8 Å². The number of hydrogen-bond acceptors (Lipinski definition) is 3. The van der Waals surface area contributed by atoms with Gasteiger partial charge in [0.05, 0.1) is 0 Å². The maximum absolute atomic E-state index is 5.72. The minimum absolute atomic E-state index is 0.102. The van der Waals surface area contributed by atoms with Crippen molar-refractivity contribution in [2.75, 3.05) is 0 Å². The van der Waals surface area contributed by atoms with E-state index in [4.69, 9.17) is 5.73 Å². The molecule has 0 aliphatic carbocycles. The van der Waals surface area contributed by atoms with E-state index < -0.39 is 0 Å². The Morgan fingerprint density at radius 1 is 1.50 bits per heavy atom. The van der Waals surface area contributed by atoms with E-state index in [2.05, 4.69) is 15.2 Å². The maximum Gasteiger partial charge on any atom is 0.155 e. The van der Waals surface area contributed by atoms with Crippen LogP contribution in [0.4, 0.5) is 0 Å². The lowest BCUT2D eigenvalue weighted by Gasteiger charge is -2.10. The highest BCUT2D eigenvalue weighted by Crippen LogP contribution is 2.12. The molecule has 0 amide bonds. The van der Waals surface area contributed by atoms with Crippen LogP contribution in [0.2, 0.25) is 0 Å². The summed E-state index contributed by atoms with van der Waals surface area (Å²) in [6.45, 7) is 6.04. The summed E-state index contributed by atoms with van der Waals surface area (Å²) in [5, 5.41) is 6.97. The lowest BCUT2D eigenvalue weighted by molar-refractivity contribution is 0.583. The third-order valence-corrected chi connectivity index (χ3v) is 2.08. The van der Waals surface area contributed by atoms with Crippen LogP contribution in [0.15, 0.2) is 0 Å². The molecule has 2 atom stereocenters. The first-order chi connectivity index (χ1) is 5.65. The lowest BCUT2D eigenvalue weighted by Crippen LogP contribution is -2.23. The average molecular weight is 168 g/mol. The molecule has 2 unspecified atom stereocenters. The second-order valence-corrected chi connectivity index (χ2v) is 3.14. The minimum Gasteiger partial charge on any atom is -0.327 e. The molecule has 4 nitrogen and oxygen atoms in total. The van der Waals surface area contributed by atoms with Gasteiger partial charge in [-0.05, 0) is 6.92 Å². The van der Waals surface area contributed by atoms with Crippen LogP contribution in [-0.2, 0) is 6.42 Å². The van der Waals surface area contributed by atoms with Crippen LogP contribution in [0.3, 0.4) is 0 Å². The highest BCUT2D eigenvalue weighted by Gasteiger charge is 2.14. The van der Waals surface area contributed by atoms with E-state index in [9.17, 15) is 0 Å². The van der Waals surface area contributed by atoms with E-state index in [-0.39, 0.29) is 12.0 Å². The number of H-pyrrole nitrogens is 1. The van der Waals surface area contributed by atoms with E-state index in [1.807, 2.05) is 20.8 Å². The van der Waals surface area contributed by atoms with Crippen LogP contribution in [0.25, 0.3) is 0 Å². The summed E-state index contributed by atoms with van der Waals surface area (Å²) >= 11 is 0. The molecule has 1 aromatic rings. The summed E-state index contributed by atoms with van der Waals surface area (Å²) in [5.41, 5.74) is 5.72. The van der Waals surface area contributed by atoms with Gasteiger partial charge in [0.15, 0.2) is 5.82 Å². The molecule has 1 rings (SSSR count). The zero-order valence-corrected chi connectivity index (χ0v) is 7.83. The normalized spacial score (nSPS) is 16.0. The Hall–Kier alpha value is -0.900. The monoisotopic (exact) mass is 168 g/mol. The van der Waals surface area contributed by atoms with Gasteiger partial charge in [-0.25, -0.2) is 4.98 Å². The molecule has 0 radical (unpaired) electrons. The molecule has 0 aromatic carbocycles. The van der Waals surface area contributed by atoms with Crippen LogP contribution in [0.1, 0.15) is 38.3 Å². The molecule has 0 spiro atoms. The maximum atomic E-state index is 5.72. The number of rotatable bonds is 3. The van der Waals surface area contributed by atoms with Crippen molar-refractivity contribution in [2.45, 2.75) is 39.2 Å². The summed E-state index contributed by atoms with van der Waals surface area (Å²) in [4.78, 5) is 4.30. The largest absolute Gasteiger partial charge is 0.327 e. The van der Waals surface area contributed by atoms with Gasteiger partial charge < -0.3 is 5.73 Å². The Labute approximate surface area is 72.6 Å². The van der Waals surface area contributed by atoms with Crippen LogP contribution < -0.4 is 5.73 Å². The Kier molecular flexibility index (Phi) is 2.81. The Bertz CT molecular complexity index is 241. The topological polar surface area (TPSA) is 67.6 Å². The summed E-state index contributed by atoms with van der Waals surface area (Å²) in [6.07, 6.45) is 0.888. The SMILES string of the molecule is CCc1nc(C(C)C(C)N)n[nH]1. The minimum atomic E-state index is 0.102. The molecule has 0 fully saturated rings. The predicted octanol–water partition coefficient (Wildman–Crippen LogP) is 0.818. The number of nitrogens with one attached hydrogen (secondary N) is 1. The molecular formula is C8H16N4. The highest BCUT2D eigenvalue weighted by molar-refractivity contribution is 4.98. The van der Waals surface area contributed by atoms with Gasteiger partial charge in [0.2, 0.25) is 0 Å². The Morgan fingerprint density at radius 3 is 2.58 bits per heavy atom. The van der Waals surface area contributed by atoms with Gasteiger partial charge in [-0.15, -0.1) is 0 Å². The molecule has 3 N–H and O–H groups in total. The van der Waals surface area contributed by atoms with E-state index in [0.29, 0.717) is 0 Å². The fourth-order valence-electron chi connectivity index (χ4n) is 0.907. The third kappa shape index (κ3) is 1.82. The van der Waals surface area contributed by atoms with Crippen molar-refractivity contribution >= 4 is 0 Å². The van der Waals surface area contributed by atoms with Gasteiger partial charge in [-0.3, -0.25) is 5.10 Å². The smallest absolute Gasteiger partial charge is 0.155 e. The van der Waals surface area contributed by atoms with Crippen LogP contribution >= 0.6 is 0 Å².